The van der Waals surface area contributed by atoms with Crippen LogP contribution in [-0.2, 0) is 0 Å². The Labute approximate surface area is 122 Å². The smallest absolute Gasteiger partial charge is 0.319 e. The quantitative estimate of drug-likeness (QED) is 0.839. The van der Waals surface area contributed by atoms with E-state index < -0.39 is 0 Å². The highest BCUT2D eigenvalue weighted by molar-refractivity contribution is 5.89. The van der Waals surface area contributed by atoms with Crippen molar-refractivity contribution in [2.75, 3.05) is 26.0 Å². The Morgan fingerprint density at radius 1 is 1.20 bits per heavy atom. The Morgan fingerprint density at radius 2 is 1.80 bits per heavy atom. The largest absolute Gasteiger partial charge is 0.334 e. The topological polar surface area (TPSA) is 44.4 Å². The monoisotopic (exact) mass is 277 g/mol. The summed E-state index contributed by atoms with van der Waals surface area (Å²) >= 11 is 0. The van der Waals surface area contributed by atoms with Crippen molar-refractivity contribution in [1.29, 1.82) is 0 Å². The summed E-state index contributed by atoms with van der Waals surface area (Å²) in [5.74, 6) is 0.555. The highest BCUT2D eigenvalue weighted by Gasteiger charge is 2.14. The predicted octanol–water partition coefficient (Wildman–Crippen LogP) is 3.09. The summed E-state index contributed by atoms with van der Waals surface area (Å²) in [6, 6.07) is 7.83. The first-order valence-electron chi connectivity index (χ1n) is 7.15. The fourth-order valence-electron chi connectivity index (χ4n) is 2.18. The lowest BCUT2D eigenvalue weighted by atomic mass is 10.0. The van der Waals surface area contributed by atoms with E-state index in [2.05, 4.69) is 29.4 Å². The number of aryl methyl sites for hydroxylation is 1. The predicted molar refractivity (Wildman–Crippen MR) is 85.1 cm³/mol. The lowest BCUT2D eigenvalue weighted by Gasteiger charge is -2.24. The lowest BCUT2D eigenvalue weighted by Crippen LogP contribution is -2.44. The number of carbonyl (C=O) groups excluding carboxylic acids is 1. The molecule has 1 rings (SSSR count). The molecule has 2 amide bonds. The van der Waals surface area contributed by atoms with Gasteiger partial charge in [0.25, 0.3) is 0 Å². The molecule has 0 fully saturated rings. The molecule has 1 aromatic carbocycles. The number of hydrogen-bond donors (Lipinski definition) is 2. The number of nitrogens with one attached hydrogen (secondary N) is 2. The van der Waals surface area contributed by atoms with Crippen molar-refractivity contribution < 1.29 is 4.79 Å². The average Bonchev–Trinajstić information content (AvgIpc) is 2.30. The number of hydrogen-bond acceptors (Lipinski definition) is 2. The van der Waals surface area contributed by atoms with E-state index in [9.17, 15) is 4.79 Å². The molecular weight excluding hydrogens is 250 g/mol. The van der Waals surface area contributed by atoms with Gasteiger partial charge in [-0.05, 0) is 45.5 Å². The zero-order valence-corrected chi connectivity index (χ0v) is 13.2. The number of amides is 2. The summed E-state index contributed by atoms with van der Waals surface area (Å²) in [5, 5.41) is 5.93. The summed E-state index contributed by atoms with van der Waals surface area (Å²) in [7, 11) is 4.04. The number of carbonyl (C=O) groups is 1. The van der Waals surface area contributed by atoms with Crippen molar-refractivity contribution >= 4 is 11.7 Å². The highest BCUT2D eigenvalue weighted by Crippen LogP contribution is 2.09. The maximum Gasteiger partial charge on any atom is 0.319 e. The van der Waals surface area contributed by atoms with E-state index in [1.165, 1.54) is 5.56 Å². The van der Waals surface area contributed by atoms with Gasteiger partial charge < -0.3 is 15.5 Å². The SMILES string of the molecule is Cc1ccc(NC(=O)NC(CC(C)C)CN(C)C)cc1. The van der Waals surface area contributed by atoms with Gasteiger partial charge in [-0.2, -0.15) is 0 Å². The molecule has 0 bridgehead atoms. The van der Waals surface area contributed by atoms with E-state index >= 15 is 0 Å². The van der Waals surface area contributed by atoms with Gasteiger partial charge in [0, 0.05) is 18.3 Å². The Morgan fingerprint density at radius 3 is 2.30 bits per heavy atom. The number of rotatable bonds is 6. The number of likely N-dealkylation sites (N-methyl/N-ethyl adjacent to an activating group) is 1. The van der Waals surface area contributed by atoms with Crippen molar-refractivity contribution in [2.45, 2.75) is 33.2 Å². The third-order valence-electron chi connectivity index (χ3n) is 2.99. The lowest BCUT2D eigenvalue weighted by molar-refractivity contribution is 0.240. The van der Waals surface area contributed by atoms with Crippen LogP contribution in [0.15, 0.2) is 24.3 Å². The van der Waals surface area contributed by atoms with E-state index in [1.807, 2.05) is 45.3 Å². The summed E-state index contributed by atoms with van der Waals surface area (Å²) < 4.78 is 0. The van der Waals surface area contributed by atoms with E-state index in [1.54, 1.807) is 0 Å². The molecule has 20 heavy (non-hydrogen) atoms. The molecule has 112 valence electrons. The second-order valence-electron chi connectivity index (χ2n) is 6.05. The Balaban J connectivity index is 2.54. The van der Waals surface area contributed by atoms with Gasteiger partial charge in [-0.25, -0.2) is 4.79 Å². The first-order valence-corrected chi connectivity index (χ1v) is 7.15. The second kappa shape index (κ2) is 7.90. The normalized spacial score (nSPS) is 12.6. The summed E-state index contributed by atoms with van der Waals surface area (Å²) in [6.45, 7) is 7.21. The Hall–Kier alpha value is -1.55. The van der Waals surface area contributed by atoms with Crippen LogP contribution in [0.25, 0.3) is 0 Å². The molecule has 0 spiro atoms. The average molecular weight is 277 g/mol. The van der Waals surface area contributed by atoms with Gasteiger partial charge in [0.15, 0.2) is 0 Å². The van der Waals surface area contributed by atoms with Gasteiger partial charge in [-0.1, -0.05) is 31.5 Å². The molecule has 0 saturated heterocycles. The van der Waals surface area contributed by atoms with Gasteiger partial charge in [0.1, 0.15) is 0 Å². The van der Waals surface area contributed by atoms with Gasteiger partial charge in [-0.3, -0.25) is 0 Å². The van der Waals surface area contributed by atoms with Crippen LogP contribution in [0.5, 0.6) is 0 Å². The minimum absolute atomic E-state index is 0.138. The van der Waals surface area contributed by atoms with Gasteiger partial charge >= 0.3 is 6.03 Å². The molecule has 0 aliphatic carbocycles. The zero-order valence-electron chi connectivity index (χ0n) is 13.2. The molecule has 0 heterocycles. The minimum atomic E-state index is -0.138. The molecule has 0 radical (unpaired) electrons. The number of anilines is 1. The summed E-state index contributed by atoms with van der Waals surface area (Å²) in [6.07, 6.45) is 0.972. The molecule has 1 aromatic rings. The van der Waals surface area contributed by atoms with Crippen LogP contribution in [0.1, 0.15) is 25.8 Å². The molecule has 4 heteroatoms. The minimum Gasteiger partial charge on any atom is -0.334 e. The van der Waals surface area contributed by atoms with Crippen molar-refractivity contribution in [1.82, 2.24) is 10.2 Å². The second-order valence-corrected chi connectivity index (χ2v) is 6.05. The van der Waals surface area contributed by atoms with Crippen molar-refractivity contribution in [3.63, 3.8) is 0 Å². The van der Waals surface area contributed by atoms with E-state index in [0.29, 0.717) is 5.92 Å². The highest BCUT2D eigenvalue weighted by atomic mass is 16.2. The van der Waals surface area contributed by atoms with E-state index in [4.69, 9.17) is 0 Å². The molecule has 0 aliphatic rings. The molecule has 2 N–H and O–H groups in total. The maximum absolute atomic E-state index is 12.0. The van der Waals surface area contributed by atoms with Crippen LogP contribution in [0.4, 0.5) is 10.5 Å². The fourth-order valence-corrected chi connectivity index (χ4v) is 2.18. The molecule has 0 aliphatic heterocycles. The standard InChI is InChI=1S/C16H27N3O/c1-12(2)10-15(11-19(4)5)18-16(20)17-14-8-6-13(3)7-9-14/h6-9,12,15H,10-11H2,1-5H3,(H2,17,18,20). The van der Waals surface area contributed by atoms with Crippen LogP contribution in [0.2, 0.25) is 0 Å². The Bertz CT molecular complexity index is 402. The van der Waals surface area contributed by atoms with Gasteiger partial charge in [0.05, 0.1) is 0 Å². The van der Waals surface area contributed by atoms with Crippen molar-refractivity contribution in [3.05, 3.63) is 29.8 Å². The van der Waals surface area contributed by atoms with Crippen LogP contribution in [-0.4, -0.2) is 37.6 Å². The molecule has 4 nitrogen and oxygen atoms in total. The molecule has 1 atom stereocenters. The summed E-state index contributed by atoms with van der Waals surface area (Å²) in [5.41, 5.74) is 2.00. The number of benzene rings is 1. The zero-order chi connectivity index (χ0) is 15.1. The van der Waals surface area contributed by atoms with E-state index in [0.717, 1.165) is 18.7 Å². The van der Waals surface area contributed by atoms with Crippen molar-refractivity contribution in [3.8, 4) is 0 Å². The van der Waals surface area contributed by atoms with Crippen LogP contribution in [0, 0.1) is 12.8 Å². The first kappa shape index (κ1) is 16.5. The third kappa shape index (κ3) is 6.57. The first-order chi connectivity index (χ1) is 9.36. The molecule has 0 aromatic heterocycles. The summed E-state index contributed by atoms with van der Waals surface area (Å²) in [4.78, 5) is 14.1. The van der Waals surface area contributed by atoms with Crippen LogP contribution in [0.3, 0.4) is 0 Å². The van der Waals surface area contributed by atoms with Crippen LogP contribution < -0.4 is 10.6 Å². The van der Waals surface area contributed by atoms with Gasteiger partial charge in [0.2, 0.25) is 0 Å². The van der Waals surface area contributed by atoms with Gasteiger partial charge in [-0.15, -0.1) is 0 Å². The number of nitrogens with zero attached hydrogens (tertiary/aromatic N) is 1. The fraction of sp³-hybridized carbons (Fsp3) is 0.562. The molecule has 0 saturated carbocycles. The van der Waals surface area contributed by atoms with Crippen molar-refractivity contribution in [2.24, 2.45) is 5.92 Å². The third-order valence-corrected chi connectivity index (χ3v) is 2.99. The number of urea groups is 1. The van der Waals surface area contributed by atoms with Crippen LogP contribution >= 0.6 is 0 Å². The van der Waals surface area contributed by atoms with E-state index in [-0.39, 0.29) is 12.1 Å². The maximum atomic E-state index is 12.0. The Kier molecular flexibility index (Phi) is 6.52. The molecule has 1 unspecified atom stereocenters. The molecular formula is C16H27N3O.